The number of hydrogen-bond donors (Lipinski definition) is 1. The van der Waals surface area contributed by atoms with Crippen molar-refractivity contribution < 1.29 is 0 Å². The molecule has 1 rings (SSSR count). The van der Waals surface area contributed by atoms with Crippen molar-refractivity contribution in [2.75, 3.05) is 6.54 Å². The number of hydrogen-bond acceptors (Lipinski definition) is 2. The van der Waals surface area contributed by atoms with E-state index in [1.165, 1.54) is 11.1 Å². The third-order valence-electron chi connectivity index (χ3n) is 2.32. The highest BCUT2D eigenvalue weighted by atomic mass is 14.9. The number of nitrogens with one attached hydrogen (secondary N) is 1. The molecule has 1 unspecified atom stereocenters. The van der Waals surface area contributed by atoms with Crippen molar-refractivity contribution in [3.8, 4) is 0 Å². The molecule has 1 heterocycles. The van der Waals surface area contributed by atoms with E-state index in [4.69, 9.17) is 0 Å². The van der Waals surface area contributed by atoms with Crippen LogP contribution in [0.3, 0.4) is 0 Å². The number of likely N-dealkylation sites (N-methyl/N-ethyl adjacent to an activating group) is 1. The van der Waals surface area contributed by atoms with Gasteiger partial charge in [-0.05, 0) is 44.0 Å². The zero-order chi connectivity index (χ0) is 11.1. The van der Waals surface area contributed by atoms with Gasteiger partial charge in [0.25, 0.3) is 0 Å². The Morgan fingerprint density at radius 2 is 2.13 bits per heavy atom. The predicted molar refractivity (Wildman–Crippen MR) is 64.8 cm³/mol. The first-order valence-electron chi connectivity index (χ1n) is 5.49. The van der Waals surface area contributed by atoms with Gasteiger partial charge in [-0.3, -0.25) is 4.98 Å². The molecule has 82 valence electrons. The highest BCUT2D eigenvalue weighted by Gasteiger charge is 2.07. The number of aromatic nitrogens is 1. The van der Waals surface area contributed by atoms with Crippen LogP contribution < -0.4 is 5.32 Å². The van der Waals surface area contributed by atoms with Crippen LogP contribution in [0.25, 0.3) is 0 Å². The van der Waals surface area contributed by atoms with E-state index in [1.54, 1.807) is 0 Å². The van der Waals surface area contributed by atoms with Crippen molar-refractivity contribution >= 4 is 0 Å². The lowest BCUT2D eigenvalue weighted by Crippen LogP contribution is -2.31. The van der Waals surface area contributed by atoms with Gasteiger partial charge in [-0.1, -0.05) is 12.5 Å². The standard InChI is InChI=1S/C13H20N2/c1-4-15-13(9-11(2)3)10-12-5-7-14-8-6-12/h5-8,13,15H,2,4,9-10H2,1,3H3. The molecule has 0 aromatic carbocycles. The Morgan fingerprint density at radius 1 is 1.47 bits per heavy atom. The van der Waals surface area contributed by atoms with E-state index in [1.807, 2.05) is 12.4 Å². The van der Waals surface area contributed by atoms with Gasteiger partial charge in [0, 0.05) is 18.4 Å². The maximum atomic E-state index is 4.02. The van der Waals surface area contributed by atoms with E-state index < -0.39 is 0 Å². The normalized spacial score (nSPS) is 12.4. The van der Waals surface area contributed by atoms with Gasteiger partial charge in [0.05, 0.1) is 0 Å². The first-order chi connectivity index (χ1) is 7.22. The molecule has 0 bridgehead atoms. The first-order valence-corrected chi connectivity index (χ1v) is 5.49. The van der Waals surface area contributed by atoms with Crippen LogP contribution in [-0.2, 0) is 6.42 Å². The molecule has 0 spiro atoms. The molecule has 0 aliphatic heterocycles. The van der Waals surface area contributed by atoms with Crippen LogP contribution in [-0.4, -0.2) is 17.6 Å². The molecule has 2 heteroatoms. The molecule has 0 radical (unpaired) electrons. The van der Waals surface area contributed by atoms with Crippen molar-refractivity contribution in [2.24, 2.45) is 0 Å². The van der Waals surface area contributed by atoms with Crippen LogP contribution in [0.2, 0.25) is 0 Å². The number of nitrogens with zero attached hydrogens (tertiary/aromatic N) is 1. The summed E-state index contributed by atoms with van der Waals surface area (Å²) in [6.45, 7) is 9.19. The molecule has 0 saturated carbocycles. The topological polar surface area (TPSA) is 24.9 Å². The molecule has 0 aliphatic carbocycles. The fourth-order valence-electron chi connectivity index (χ4n) is 1.73. The summed E-state index contributed by atoms with van der Waals surface area (Å²) in [7, 11) is 0. The van der Waals surface area contributed by atoms with Gasteiger partial charge in [-0.2, -0.15) is 0 Å². The summed E-state index contributed by atoms with van der Waals surface area (Å²) in [5.74, 6) is 0. The molecule has 15 heavy (non-hydrogen) atoms. The van der Waals surface area contributed by atoms with Crippen LogP contribution in [0, 0.1) is 0 Å². The molecule has 1 atom stereocenters. The Morgan fingerprint density at radius 3 is 2.67 bits per heavy atom. The van der Waals surface area contributed by atoms with E-state index in [9.17, 15) is 0 Å². The molecular weight excluding hydrogens is 184 g/mol. The quantitative estimate of drug-likeness (QED) is 0.720. The van der Waals surface area contributed by atoms with Crippen LogP contribution in [0.1, 0.15) is 25.8 Å². The zero-order valence-electron chi connectivity index (χ0n) is 9.66. The summed E-state index contributed by atoms with van der Waals surface area (Å²) >= 11 is 0. The molecular formula is C13H20N2. The maximum Gasteiger partial charge on any atom is 0.0270 e. The van der Waals surface area contributed by atoms with Gasteiger partial charge in [0.15, 0.2) is 0 Å². The average molecular weight is 204 g/mol. The van der Waals surface area contributed by atoms with E-state index in [-0.39, 0.29) is 0 Å². The minimum atomic E-state index is 0.495. The van der Waals surface area contributed by atoms with E-state index in [2.05, 4.69) is 42.9 Å². The zero-order valence-corrected chi connectivity index (χ0v) is 9.66. The van der Waals surface area contributed by atoms with Crippen LogP contribution in [0.4, 0.5) is 0 Å². The SMILES string of the molecule is C=C(C)CC(Cc1ccncc1)NCC. The average Bonchev–Trinajstić information content (AvgIpc) is 2.18. The summed E-state index contributed by atoms with van der Waals surface area (Å²) in [5.41, 5.74) is 2.56. The second kappa shape index (κ2) is 6.36. The third-order valence-corrected chi connectivity index (χ3v) is 2.32. The maximum absolute atomic E-state index is 4.02. The lowest BCUT2D eigenvalue weighted by molar-refractivity contribution is 0.520. The number of pyridine rings is 1. The van der Waals surface area contributed by atoms with Gasteiger partial charge >= 0.3 is 0 Å². The Balaban J connectivity index is 2.54. The lowest BCUT2D eigenvalue weighted by Gasteiger charge is -2.17. The monoisotopic (exact) mass is 204 g/mol. The summed E-state index contributed by atoms with van der Waals surface area (Å²) in [4.78, 5) is 4.02. The first kappa shape index (κ1) is 11.9. The molecule has 1 aromatic heterocycles. The van der Waals surface area contributed by atoms with Gasteiger partial charge in [0.1, 0.15) is 0 Å². The molecule has 0 saturated heterocycles. The van der Waals surface area contributed by atoms with Gasteiger partial charge in [0.2, 0.25) is 0 Å². The molecule has 1 N–H and O–H groups in total. The molecule has 0 amide bonds. The molecule has 0 aliphatic rings. The van der Waals surface area contributed by atoms with E-state index >= 15 is 0 Å². The lowest BCUT2D eigenvalue weighted by atomic mass is 10.0. The second-order valence-electron chi connectivity index (χ2n) is 3.98. The third kappa shape index (κ3) is 4.75. The largest absolute Gasteiger partial charge is 0.314 e. The fraction of sp³-hybridized carbons (Fsp3) is 0.462. The Labute approximate surface area is 92.4 Å². The summed E-state index contributed by atoms with van der Waals surface area (Å²) in [6.07, 6.45) is 5.78. The van der Waals surface area contributed by atoms with Crippen molar-refractivity contribution in [1.29, 1.82) is 0 Å². The Hall–Kier alpha value is -1.15. The van der Waals surface area contributed by atoms with Crippen molar-refractivity contribution in [3.63, 3.8) is 0 Å². The smallest absolute Gasteiger partial charge is 0.0270 e. The van der Waals surface area contributed by atoms with Crippen molar-refractivity contribution in [3.05, 3.63) is 42.2 Å². The predicted octanol–water partition coefficient (Wildman–Crippen LogP) is 2.57. The van der Waals surface area contributed by atoms with Gasteiger partial charge in [-0.15, -0.1) is 6.58 Å². The van der Waals surface area contributed by atoms with Gasteiger partial charge < -0.3 is 5.32 Å². The highest BCUT2D eigenvalue weighted by molar-refractivity contribution is 5.12. The highest BCUT2D eigenvalue weighted by Crippen LogP contribution is 2.08. The minimum Gasteiger partial charge on any atom is -0.314 e. The molecule has 2 nitrogen and oxygen atoms in total. The van der Waals surface area contributed by atoms with Gasteiger partial charge in [-0.25, -0.2) is 0 Å². The van der Waals surface area contributed by atoms with Crippen molar-refractivity contribution in [1.82, 2.24) is 10.3 Å². The minimum absolute atomic E-state index is 0.495. The molecule has 0 fully saturated rings. The molecule has 1 aromatic rings. The van der Waals surface area contributed by atoms with Crippen LogP contribution in [0.5, 0.6) is 0 Å². The Bertz CT molecular complexity index is 293. The van der Waals surface area contributed by atoms with E-state index in [0.717, 1.165) is 19.4 Å². The summed E-state index contributed by atoms with van der Waals surface area (Å²) in [6, 6.07) is 4.64. The van der Waals surface area contributed by atoms with Crippen molar-refractivity contribution in [2.45, 2.75) is 32.7 Å². The van der Waals surface area contributed by atoms with Crippen LogP contribution >= 0.6 is 0 Å². The second-order valence-corrected chi connectivity index (χ2v) is 3.98. The fourth-order valence-corrected chi connectivity index (χ4v) is 1.73. The summed E-state index contributed by atoms with van der Waals surface area (Å²) in [5, 5.41) is 3.48. The van der Waals surface area contributed by atoms with Crippen LogP contribution in [0.15, 0.2) is 36.7 Å². The Kier molecular flexibility index (Phi) is 5.05. The summed E-state index contributed by atoms with van der Waals surface area (Å²) < 4.78 is 0. The number of rotatable bonds is 6. The van der Waals surface area contributed by atoms with E-state index in [0.29, 0.717) is 6.04 Å².